The number of anilines is 1. The second-order valence-electron chi connectivity index (χ2n) is 10.6. The van der Waals surface area contributed by atoms with Gasteiger partial charge in [0.15, 0.2) is 0 Å². The first-order valence-corrected chi connectivity index (χ1v) is 13.1. The normalized spacial score (nSPS) is 22.7. The molecule has 3 aromatic carbocycles. The van der Waals surface area contributed by atoms with Gasteiger partial charge in [0, 0.05) is 23.5 Å². The predicted octanol–water partition coefficient (Wildman–Crippen LogP) is 5.72. The predicted molar refractivity (Wildman–Crippen MR) is 147 cm³/mol. The number of hydrogen-bond acceptors (Lipinski definition) is 4. The summed E-state index contributed by atoms with van der Waals surface area (Å²) in [7, 11) is 1.66. The number of aromatic amines is 1. The Labute approximate surface area is 216 Å². The van der Waals surface area contributed by atoms with Crippen molar-refractivity contribution in [3.05, 3.63) is 88.6 Å². The minimum atomic E-state index is -0.499. The average Bonchev–Trinajstić information content (AvgIpc) is 3.16. The Morgan fingerprint density at radius 1 is 1.05 bits per heavy atom. The van der Waals surface area contributed by atoms with Gasteiger partial charge in [0.1, 0.15) is 5.75 Å². The van der Waals surface area contributed by atoms with Crippen LogP contribution in [0, 0.1) is 0 Å². The van der Waals surface area contributed by atoms with Gasteiger partial charge >= 0.3 is 0 Å². The molecule has 1 amide bonds. The number of nitrogens with one attached hydrogen (secondary N) is 2. The van der Waals surface area contributed by atoms with Gasteiger partial charge in [-0.25, -0.2) is 0 Å². The second-order valence-corrected chi connectivity index (χ2v) is 10.6. The SMILES string of the molecule is COc1ccc2c(c1)[C@]1(C[C@H]1c1ccc3c(/C=C/c4ccc(CN5CCCC5)cc4)n[nH]c3c1)C(=O)N2. The van der Waals surface area contributed by atoms with E-state index in [-0.39, 0.29) is 11.8 Å². The van der Waals surface area contributed by atoms with Crippen LogP contribution in [0.3, 0.4) is 0 Å². The lowest BCUT2D eigenvalue weighted by atomic mass is 9.91. The van der Waals surface area contributed by atoms with Gasteiger partial charge in [-0.2, -0.15) is 5.10 Å². The number of fused-ring (bicyclic) bond motifs is 3. The number of methoxy groups -OCH3 is 1. The molecule has 3 heterocycles. The molecule has 1 aromatic heterocycles. The van der Waals surface area contributed by atoms with Crippen LogP contribution in [0.25, 0.3) is 23.1 Å². The third kappa shape index (κ3) is 3.75. The number of nitrogens with zero attached hydrogens (tertiary/aromatic N) is 2. The fourth-order valence-electron chi connectivity index (χ4n) is 6.21. The number of hydrogen-bond donors (Lipinski definition) is 2. The molecule has 6 heteroatoms. The molecule has 0 unspecified atom stereocenters. The van der Waals surface area contributed by atoms with Crippen molar-refractivity contribution in [3.8, 4) is 5.75 Å². The average molecular weight is 491 g/mol. The lowest BCUT2D eigenvalue weighted by Crippen LogP contribution is -2.21. The van der Waals surface area contributed by atoms with Gasteiger partial charge in [0.2, 0.25) is 5.91 Å². The summed E-state index contributed by atoms with van der Waals surface area (Å²) in [4.78, 5) is 15.5. The van der Waals surface area contributed by atoms with E-state index in [0.29, 0.717) is 0 Å². The number of amides is 1. The van der Waals surface area contributed by atoms with Crippen LogP contribution in [0.15, 0.2) is 60.7 Å². The first-order chi connectivity index (χ1) is 18.1. The minimum Gasteiger partial charge on any atom is -0.497 e. The summed E-state index contributed by atoms with van der Waals surface area (Å²) in [5.41, 5.74) is 7.04. The van der Waals surface area contributed by atoms with Crippen LogP contribution in [0.5, 0.6) is 5.75 Å². The summed E-state index contributed by atoms with van der Waals surface area (Å²) in [5, 5.41) is 11.9. The van der Waals surface area contributed by atoms with E-state index in [1.165, 1.54) is 37.1 Å². The van der Waals surface area contributed by atoms with Crippen LogP contribution in [-0.4, -0.2) is 41.2 Å². The summed E-state index contributed by atoms with van der Waals surface area (Å²) in [5.74, 6) is 1.01. The molecule has 1 saturated carbocycles. The Hall–Kier alpha value is -3.90. The van der Waals surface area contributed by atoms with Crippen molar-refractivity contribution in [1.29, 1.82) is 0 Å². The highest BCUT2D eigenvalue weighted by Crippen LogP contribution is 2.65. The maximum Gasteiger partial charge on any atom is 0.235 e. The first-order valence-electron chi connectivity index (χ1n) is 13.1. The van der Waals surface area contributed by atoms with Gasteiger partial charge in [-0.1, -0.05) is 42.5 Å². The number of benzene rings is 3. The molecule has 7 rings (SSSR count). The van der Waals surface area contributed by atoms with Gasteiger partial charge in [0.25, 0.3) is 0 Å². The number of H-pyrrole nitrogens is 1. The first kappa shape index (κ1) is 22.3. The van der Waals surface area contributed by atoms with Crippen molar-refractivity contribution in [2.75, 3.05) is 25.5 Å². The topological polar surface area (TPSA) is 70.2 Å². The van der Waals surface area contributed by atoms with E-state index >= 15 is 0 Å². The summed E-state index contributed by atoms with van der Waals surface area (Å²) < 4.78 is 5.42. The molecule has 37 heavy (non-hydrogen) atoms. The number of ether oxygens (including phenoxy) is 1. The molecule has 0 radical (unpaired) electrons. The molecule has 1 saturated heterocycles. The number of rotatable bonds is 6. The van der Waals surface area contributed by atoms with Crippen LogP contribution in [-0.2, 0) is 16.8 Å². The second kappa shape index (κ2) is 8.60. The van der Waals surface area contributed by atoms with Crippen LogP contribution < -0.4 is 10.1 Å². The standard InChI is InChI=1S/C31H30N4O2/c1-37-23-10-13-28-25(17-23)31(30(36)32-28)18-26(31)22-9-11-24-27(33-34-29(24)16-22)12-8-20-4-6-21(7-5-20)19-35-14-2-3-15-35/h4-13,16-17,26H,2-3,14-15,18-19H2,1H3,(H,32,36)(H,33,34)/b12-8+/t26-,31-/m0/s1. The zero-order valence-electron chi connectivity index (χ0n) is 21.0. The smallest absolute Gasteiger partial charge is 0.235 e. The monoisotopic (exact) mass is 490 g/mol. The van der Waals surface area contributed by atoms with E-state index in [2.05, 4.69) is 75.0 Å². The van der Waals surface area contributed by atoms with Crippen LogP contribution in [0.4, 0.5) is 5.69 Å². The van der Waals surface area contributed by atoms with Crippen molar-refractivity contribution < 1.29 is 9.53 Å². The Bertz CT molecular complexity index is 1530. The maximum atomic E-state index is 13.0. The largest absolute Gasteiger partial charge is 0.497 e. The van der Waals surface area contributed by atoms with Gasteiger partial charge in [-0.15, -0.1) is 0 Å². The van der Waals surface area contributed by atoms with Gasteiger partial charge in [-0.05, 0) is 84.9 Å². The van der Waals surface area contributed by atoms with E-state index in [4.69, 9.17) is 4.74 Å². The van der Waals surface area contributed by atoms with Crippen molar-refractivity contribution in [2.24, 2.45) is 0 Å². The van der Waals surface area contributed by atoms with Gasteiger partial charge in [0.05, 0.1) is 23.7 Å². The molecular weight excluding hydrogens is 460 g/mol. The number of likely N-dealkylation sites (tertiary alicyclic amines) is 1. The van der Waals surface area contributed by atoms with Crippen molar-refractivity contribution >= 4 is 34.6 Å². The van der Waals surface area contributed by atoms with E-state index in [1.54, 1.807) is 7.11 Å². The number of aromatic nitrogens is 2. The Morgan fingerprint density at radius 2 is 1.89 bits per heavy atom. The Balaban J connectivity index is 1.10. The minimum absolute atomic E-state index is 0.0838. The van der Waals surface area contributed by atoms with Crippen molar-refractivity contribution in [2.45, 2.75) is 37.1 Å². The molecule has 2 N–H and O–H groups in total. The maximum absolute atomic E-state index is 13.0. The van der Waals surface area contributed by atoms with Crippen LogP contribution >= 0.6 is 0 Å². The zero-order valence-corrected chi connectivity index (χ0v) is 21.0. The molecule has 0 bridgehead atoms. The highest BCUT2D eigenvalue weighted by molar-refractivity contribution is 6.10. The molecule has 6 nitrogen and oxygen atoms in total. The Morgan fingerprint density at radius 3 is 2.70 bits per heavy atom. The van der Waals surface area contributed by atoms with Gasteiger partial charge < -0.3 is 10.1 Å². The summed E-state index contributed by atoms with van der Waals surface area (Å²) in [6.45, 7) is 3.47. The highest BCUT2D eigenvalue weighted by Gasteiger charge is 2.65. The van der Waals surface area contributed by atoms with Crippen LogP contribution in [0.1, 0.15) is 53.1 Å². The molecule has 186 valence electrons. The van der Waals surface area contributed by atoms with Crippen molar-refractivity contribution in [1.82, 2.24) is 15.1 Å². The summed E-state index contributed by atoms with van der Waals surface area (Å²) in [6.07, 6.45) is 7.63. The molecular formula is C31H30N4O2. The summed E-state index contributed by atoms with van der Waals surface area (Å²) in [6, 6.07) is 21.1. The van der Waals surface area contributed by atoms with Crippen molar-refractivity contribution in [3.63, 3.8) is 0 Å². The van der Waals surface area contributed by atoms with E-state index < -0.39 is 5.41 Å². The molecule has 3 aliphatic rings. The molecule has 4 aromatic rings. The molecule has 2 aliphatic heterocycles. The van der Waals surface area contributed by atoms with Crippen LogP contribution in [0.2, 0.25) is 0 Å². The van der Waals surface area contributed by atoms with E-state index in [9.17, 15) is 4.79 Å². The van der Waals surface area contributed by atoms with E-state index in [1.807, 2.05) is 18.2 Å². The number of carbonyl (C=O) groups excluding carboxylic acids is 1. The quantitative estimate of drug-likeness (QED) is 0.363. The highest BCUT2D eigenvalue weighted by atomic mass is 16.5. The number of carbonyl (C=O) groups is 1. The third-order valence-corrected chi connectivity index (χ3v) is 8.36. The molecule has 1 spiro atoms. The zero-order chi connectivity index (χ0) is 25.0. The molecule has 2 fully saturated rings. The lowest BCUT2D eigenvalue weighted by Gasteiger charge is -2.14. The fourth-order valence-corrected chi connectivity index (χ4v) is 6.21. The van der Waals surface area contributed by atoms with Gasteiger partial charge in [-0.3, -0.25) is 14.8 Å². The summed E-state index contributed by atoms with van der Waals surface area (Å²) >= 11 is 0. The third-order valence-electron chi connectivity index (χ3n) is 8.36. The lowest BCUT2D eigenvalue weighted by molar-refractivity contribution is -0.118. The van der Waals surface area contributed by atoms with E-state index in [0.717, 1.165) is 52.1 Å². The molecule has 2 atom stereocenters. The molecule has 1 aliphatic carbocycles. The Kier molecular flexibility index (Phi) is 5.18. The fraction of sp³-hybridized carbons (Fsp3) is 0.290.